The Bertz CT molecular complexity index is 565. The monoisotopic (exact) mass is 280 g/mol. The third-order valence-corrected chi connectivity index (χ3v) is 3.21. The summed E-state index contributed by atoms with van der Waals surface area (Å²) in [6, 6.07) is 7.68. The molecule has 0 aliphatic carbocycles. The van der Waals surface area contributed by atoms with Gasteiger partial charge in [0.1, 0.15) is 5.69 Å². The zero-order valence-electron chi connectivity index (χ0n) is 11.1. The van der Waals surface area contributed by atoms with E-state index >= 15 is 0 Å². The highest BCUT2D eigenvalue weighted by molar-refractivity contribution is 6.18. The Hall–Kier alpha value is -1.55. The lowest BCUT2D eigenvalue weighted by Crippen LogP contribution is -2.39. The van der Waals surface area contributed by atoms with Gasteiger partial charge in [0.2, 0.25) is 5.91 Å². The first-order valence-corrected chi connectivity index (χ1v) is 6.85. The zero-order valence-corrected chi connectivity index (χ0v) is 11.9. The van der Waals surface area contributed by atoms with Crippen molar-refractivity contribution in [2.75, 3.05) is 12.4 Å². The number of para-hydroxylation sites is 1. The Labute approximate surface area is 117 Å². The predicted molar refractivity (Wildman–Crippen MR) is 75.3 cm³/mol. The highest BCUT2D eigenvalue weighted by Crippen LogP contribution is 2.19. The van der Waals surface area contributed by atoms with Gasteiger partial charge >= 0.3 is 0 Å². The number of carbonyl (C=O) groups excluding carboxylic acids is 1. The van der Waals surface area contributed by atoms with E-state index in [0.717, 1.165) is 5.39 Å². The number of benzene rings is 1. The van der Waals surface area contributed by atoms with Crippen molar-refractivity contribution in [2.24, 2.45) is 0 Å². The molecule has 0 aliphatic rings. The van der Waals surface area contributed by atoms with Gasteiger partial charge in [-0.05, 0) is 26.0 Å². The lowest BCUT2D eigenvalue weighted by atomic mass is 10.1. The second kappa shape index (κ2) is 6.06. The summed E-state index contributed by atoms with van der Waals surface area (Å²) in [5, 5.41) is 4.88. The fourth-order valence-corrected chi connectivity index (χ4v) is 2.25. The lowest BCUT2D eigenvalue weighted by Gasteiger charge is -2.25. The minimum atomic E-state index is 0.0229. The molecule has 0 spiro atoms. The van der Waals surface area contributed by atoms with Gasteiger partial charge in [-0.25, -0.2) is 0 Å². The molecule has 1 amide bonds. The van der Waals surface area contributed by atoms with Crippen LogP contribution in [0.15, 0.2) is 28.8 Å². The molecule has 0 unspecified atom stereocenters. The molecule has 102 valence electrons. The Morgan fingerprint density at radius 1 is 1.42 bits per heavy atom. The molecule has 1 heterocycles. The van der Waals surface area contributed by atoms with Crippen molar-refractivity contribution in [1.29, 1.82) is 0 Å². The highest BCUT2D eigenvalue weighted by atomic mass is 35.5. The van der Waals surface area contributed by atoms with Gasteiger partial charge in [0, 0.05) is 23.9 Å². The maximum atomic E-state index is 12.3. The Morgan fingerprint density at radius 3 is 2.84 bits per heavy atom. The summed E-state index contributed by atoms with van der Waals surface area (Å²) in [4.78, 5) is 14.0. The number of aromatic nitrogens is 1. The summed E-state index contributed by atoms with van der Waals surface area (Å²) in [7, 11) is 0. The standard InChI is InChI=1S/C14H17ClN2O2/c1-10(2)17(8-7-15)14(18)9-12-11-5-3-4-6-13(11)19-16-12/h3-6,10H,7-9H2,1-2H3. The van der Waals surface area contributed by atoms with Crippen molar-refractivity contribution in [3.05, 3.63) is 30.0 Å². The average molecular weight is 281 g/mol. The van der Waals surface area contributed by atoms with Gasteiger partial charge in [-0.2, -0.15) is 0 Å². The van der Waals surface area contributed by atoms with E-state index in [-0.39, 0.29) is 18.4 Å². The third-order valence-electron chi connectivity index (χ3n) is 3.04. The number of fused-ring (bicyclic) bond motifs is 1. The summed E-state index contributed by atoms with van der Waals surface area (Å²) < 4.78 is 5.20. The van der Waals surface area contributed by atoms with Crippen LogP contribution >= 0.6 is 11.6 Å². The maximum absolute atomic E-state index is 12.3. The SMILES string of the molecule is CC(C)N(CCCl)C(=O)Cc1noc2ccccc12. The van der Waals surface area contributed by atoms with Crippen LogP contribution in [0.1, 0.15) is 19.5 Å². The Kier molecular flexibility index (Phi) is 4.43. The first-order valence-electron chi connectivity index (χ1n) is 6.32. The average Bonchev–Trinajstić information content (AvgIpc) is 2.79. The molecule has 0 radical (unpaired) electrons. The fourth-order valence-electron chi connectivity index (χ4n) is 2.07. The van der Waals surface area contributed by atoms with E-state index in [1.165, 1.54) is 0 Å². The molecule has 0 fully saturated rings. The normalized spacial score (nSPS) is 11.2. The third kappa shape index (κ3) is 3.07. The topological polar surface area (TPSA) is 46.3 Å². The quantitative estimate of drug-likeness (QED) is 0.791. The van der Waals surface area contributed by atoms with Crippen molar-refractivity contribution in [3.8, 4) is 0 Å². The van der Waals surface area contributed by atoms with Gasteiger partial charge in [-0.15, -0.1) is 11.6 Å². The number of rotatable bonds is 5. The molecule has 0 saturated heterocycles. The fraction of sp³-hybridized carbons (Fsp3) is 0.429. The second-order valence-electron chi connectivity index (χ2n) is 4.67. The smallest absolute Gasteiger partial charge is 0.229 e. The van der Waals surface area contributed by atoms with Gasteiger partial charge in [-0.3, -0.25) is 4.79 Å². The van der Waals surface area contributed by atoms with Crippen LogP contribution < -0.4 is 0 Å². The number of carbonyl (C=O) groups is 1. The van der Waals surface area contributed by atoms with Gasteiger partial charge in [0.15, 0.2) is 5.58 Å². The van der Waals surface area contributed by atoms with Crippen molar-refractivity contribution in [1.82, 2.24) is 10.1 Å². The van der Waals surface area contributed by atoms with Crippen molar-refractivity contribution in [3.63, 3.8) is 0 Å². The van der Waals surface area contributed by atoms with Crippen LogP contribution in [-0.4, -0.2) is 34.4 Å². The molecule has 0 N–H and O–H groups in total. The molecule has 4 nitrogen and oxygen atoms in total. The molecule has 0 atom stereocenters. The molecule has 5 heteroatoms. The molecule has 1 aromatic carbocycles. The molecule has 0 saturated carbocycles. The van der Waals surface area contributed by atoms with Crippen molar-refractivity contribution >= 4 is 28.5 Å². The first-order chi connectivity index (χ1) is 9.13. The van der Waals surface area contributed by atoms with Crippen LogP contribution in [0.25, 0.3) is 11.0 Å². The zero-order chi connectivity index (χ0) is 13.8. The minimum Gasteiger partial charge on any atom is -0.356 e. The van der Waals surface area contributed by atoms with Crippen LogP contribution in [0.2, 0.25) is 0 Å². The summed E-state index contributed by atoms with van der Waals surface area (Å²) >= 11 is 5.73. The molecular weight excluding hydrogens is 264 g/mol. The summed E-state index contributed by atoms with van der Waals surface area (Å²) in [6.45, 7) is 4.50. The number of hydrogen-bond donors (Lipinski definition) is 0. The molecule has 0 bridgehead atoms. The van der Waals surface area contributed by atoms with Gasteiger partial charge < -0.3 is 9.42 Å². The van der Waals surface area contributed by atoms with E-state index in [1.54, 1.807) is 4.90 Å². The summed E-state index contributed by atoms with van der Waals surface area (Å²) in [6.07, 6.45) is 0.242. The largest absolute Gasteiger partial charge is 0.356 e. The van der Waals surface area contributed by atoms with Crippen LogP contribution in [0, 0.1) is 0 Å². The van der Waals surface area contributed by atoms with Crippen LogP contribution in [0.4, 0.5) is 0 Å². The molecule has 19 heavy (non-hydrogen) atoms. The number of halogens is 1. The van der Waals surface area contributed by atoms with Gasteiger partial charge in [-0.1, -0.05) is 17.3 Å². The minimum absolute atomic E-state index is 0.0229. The van der Waals surface area contributed by atoms with Crippen LogP contribution in [0.3, 0.4) is 0 Å². The van der Waals surface area contributed by atoms with E-state index in [4.69, 9.17) is 16.1 Å². The lowest BCUT2D eigenvalue weighted by molar-refractivity contribution is -0.131. The number of hydrogen-bond acceptors (Lipinski definition) is 3. The summed E-state index contributed by atoms with van der Waals surface area (Å²) in [5.41, 5.74) is 1.39. The van der Waals surface area contributed by atoms with E-state index in [2.05, 4.69) is 5.16 Å². The maximum Gasteiger partial charge on any atom is 0.229 e. The number of amides is 1. The van der Waals surface area contributed by atoms with Crippen molar-refractivity contribution < 1.29 is 9.32 Å². The van der Waals surface area contributed by atoms with E-state index in [0.29, 0.717) is 23.7 Å². The number of nitrogens with zero attached hydrogens (tertiary/aromatic N) is 2. The highest BCUT2D eigenvalue weighted by Gasteiger charge is 2.19. The van der Waals surface area contributed by atoms with Gasteiger partial charge in [0.25, 0.3) is 0 Å². The van der Waals surface area contributed by atoms with Crippen LogP contribution in [-0.2, 0) is 11.2 Å². The van der Waals surface area contributed by atoms with E-state index in [1.807, 2.05) is 38.1 Å². The predicted octanol–water partition coefficient (Wildman–Crippen LogP) is 2.85. The Morgan fingerprint density at radius 2 is 2.16 bits per heavy atom. The molecule has 1 aromatic heterocycles. The second-order valence-corrected chi connectivity index (χ2v) is 5.05. The van der Waals surface area contributed by atoms with Crippen LogP contribution in [0.5, 0.6) is 0 Å². The number of alkyl halides is 1. The molecule has 2 aromatic rings. The first kappa shape index (κ1) is 13.9. The molecule has 2 rings (SSSR count). The summed E-state index contributed by atoms with van der Waals surface area (Å²) in [5.74, 6) is 0.457. The Balaban J connectivity index is 2.18. The molecular formula is C14H17ClN2O2. The van der Waals surface area contributed by atoms with Gasteiger partial charge in [0.05, 0.1) is 6.42 Å². The van der Waals surface area contributed by atoms with E-state index < -0.39 is 0 Å². The van der Waals surface area contributed by atoms with E-state index in [9.17, 15) is 4.79 Å². The molecule has 0 aliphatic heterocycles. The van der Waals surface area contributed by atoms with Crippen molar-refractivity contribution in [2.45, 2.75) is 26.3 Å².